The molecule has 0 unspecified atom stereocenters. The molecule has 12 heteroatoms. The smallest absolute Gasteiger partial charge is 0.417 e. The summed E-state index contributed by atoms with van der Waals surface area (Å²) in [6, 6.07) is 4.81. The first-order chi connectivity index (χ1) is 13.7. The maximum absolute atomic E-state index is 12.9. The van der Waals surface area contributed by atoms with E-state index in [1.165, 1.54) is 33.5 Å². The van der Waals surface area contributed by atoms with Crippen molar-refractivity contribution >= 4 is 32.8 Å². The Morgan fingerprint density at radius 2 is 1.79 bits per heavy atom. The number of aromatic carboxylic acids is 1. The highest BCUT2D eigenvalue weighted by Gasteiger charge is 2.28. The van der Waals surface area contributed by atoms with Crippen molar-refractivity contribution < 1.29 is 36.9 Å². The maximum Gasteiger partial charge on any atom is 0.417 e. The first-order valence-corrected chi connectivity index (χ1v) is 9.42. The molecule has 0 radical (unpaired) electrons. The third-order valence-electron chi connectivity index (χ3n) is 4.00. The fraction of sp³-hybridized carbons (Fsp3) is 0.176. The number of ether oxygens (including phenoxy) is 3. The molecule has 1 heterocycles. The van der Waals surface area contributed by atoms with E-state index in [9.17, 15) is 23.1 Å². The lowest BCUT2D eigenvalue weighted by atomic mass is 10.1. The molecule has 0 spiro atoms. The second-order valence-corrected chi connectivity index (χ2v) is 7.33. The molecule has 3 aromatic rings. The zero-order chi connectivity index (χ0) is 21.3. The van der Waals surface area contributed by atoms with E-state index in [0.717, 1.165) is 12.1 Å². The van der Waals surface area contributed by atoms with Crippen LogP contribution in [0.1, 0.15) is 10.4 Å². The van der Waals surface area contributed by atoms with Crippen LogP contribution in [0.2, 0.25) is 0 Å². The highest BCUT2D eigenvalue weighted by Crippen LogP contribution is 2.46. The number of benzene rings is 2. The summed E-state index contributed by atoms with van der Waals surface area (Å²) in [6.07, 6.45) is 0. The molecular formula is C17H16N2O9S. The van der Waals surface area contributed by atoms with Gasteiger partial charge in [-0.15, -0.1) is 0 Å². The molecule has 3 rings (SSSR count). The van der Waals surface area contributed by atoms with Crippen LogP contribution in [0.15, 0.2) is 38.4 Å². The van der Waals surface area contributed by atoms with Gasteiger partial charge in [0.25, 0.3) is 10.0 Å². The fourth-order valence-electron chi connectivity index (χ4n) is 2.71. The minimum atomic E-state index is -4.29. The van der Waals surface area contributed by atoms with Crippen molar-refractivity contribution in [2.24, 2.45) is 0 Å². The van der Waals surface area contributed by atoms with Gasteiger partial charge in [-0.05, 0) is 12.1 Å². The first-order valence-electron chi connectivity index (χ1n) is 7.93. The van der Waals surface area contributed by atoms with E-state index in [1.807, 2.05) is 0 Å². The lowest BCUT2D eigenvalue weighted by Crippen LogP contribution is -2.17. The number of methoxy groups -OCH3 is 3. The van der Waals surface area contributed by atoms with Gasteiger partial charge in [-0.25, -0.2) is 18.0 Å². The van der Waals surface area contributed by atoms with Crippen molar-refractivity contribution in [2.75, 3.05) is 26.1 Å². The summed E-state index contributed by atoms with van der Waals surface area (Å²) in [5.74, 6) is -2.29. The van der Waals surface area contributed by atoms with Crippen molar-refractivity contribution in [1.29, 1.82) is 0 Å². The Bertz CT molecular complexity index is 1260. The number of fused-ring (bicyclic) bond motifs is 1. The molecule has 0 aliphatic heterocycles. The van der Waals surface area contributed by atoms with Crippen molar-refractivity contribution in [1.82, 2.24) is 4.98 Å². The number of oxazole rings is 1. The van der Waals surface area contributed by atoms with Crippen LogP contribution >= 0.6 is 0 Å². The number of H-pyrrole nitrogens is 1. The number of aromatic nitrogens is 1. The van der Waals surface area contributed by atoms with E-state index in [2.05, 4.69) is 9.71 Å². The molecule has 0 fully saturated rings. The molecule has 3 N–H and O–H groups in total. The van der Waals surface area contributed by atoms with Gasteiger partial charge in [0.2, 0.25) is 5.75 Å². The molecule has 0 saturated carbocycles. The van der Waals surface area contributed by atoms with Crippen molar-refractivity contribution in [3.05, 3.63) is 40.4 Å². The molecule has 2 aromatic carbocycles. The summed E-state index contributed by atoms with van der Waals surface area (Å²) < 4.78 is 48.3. The maximum atomic E-state index is 12.9. The highest BCUT2D eigenvalue weighted by atomic mass is 32.2. The number of sulfonamides is 1. The Hall–Kier alpha value is -3.67. The zero-order valence-electron chi connectivity index (χ0n) is 15.4. The van der Waals surface area contributed by atoms with Gasteiger partial charge in [0, 0.05) is 12.1 Å². The summed E-state index contributed by atoms with van der Waals surface area (Å²) in [6.45, 7) is 0. The van der Waals surface area contributed by atoms with Gasteiger partial charge in [0.05, 0.1) is 37.3 Å². The van der Waals surface area contributed by atoms with Gasteiger partial charge in [-0.2, -0.15) is 0 Å². The van der Waals surface area contributed by atoms with Gasteiger partial charge in [-0.1, -0.05) is 0 Å². The molecule has 29 heavy (non-hydrogen) atoms. The van der Waals surface area contributed by atoms with E-state index in [-0.39, 0.29) is 33.4 Å². The van der Waals surface area contributed by atoms with Gasteiger partial charge in [-0.3, -0.25) is 9.71 Å². The van der Waals surface area contributed by atoms with Crippen LogP contribution < -0.4 is 24.7 Å². The van der Waals surface area contributed by atoms with Gasteiger partial charge in [0.1, 0.15) is 5.69 Å². The van der Waals surface area contributed by atoms with E-state index in [1.54, 1.807) is 0 Å². The van der Waals surface area contributed by atoms with E-state index in [4.69, 9.17) is 18.6 Å². The van der Waals surface area contributed by atoms with Gasteiger partial charge in [0.15, 0.2) is 17.1 Å². The van der Waals surface area contributed by atoms with Crippen LogP contribution in [-0.2, 0) is 10.0 Å². The van der Waals surface area contributed by atoms with Crippen LogP contribution in [0.3, 0.4) is 0 Å². The molecule has 0 saturated heterocycles. The van der Waals surface area contributed by atoms with Crippen LogP contribution in [0.5, 0.6) is 17.2 Å². The molecule has 0 aliphatic rings. The molecule has 11 nitrogen and oxygen atoms in total. The number of nitrogens with one attached hydrogen (secondary N) is 2. The van der Waals surface area contributed by atoms with Gasteiger partial charge >= 0.3 is 11.7 Å². The number of hydrogen-bond donors (Lipinski definition) is 3. The predicted molar refractivity (Wildman–Crippen MR) is 101 cm³/mol. The van der Waals surface area contributed by atoms with Gasteiger partial charge < -0.3 is 23.7 Å². The minimum absolute atomic E-state index is 0.00443. The molecule has 0 bridgehead atoms. The lowest BCUT2D eigenvalue weighted by Gasteiger charge is -2.19. The predicted octanol–water partition coefficient (Wildman–Crippen LogP) is 1.65. The van der Waals surface area contributed by atoms with Crippen LogP contribution in [0, 0.1) is 0 Å². The Balaban J connectivity index is 2.18. The van der Waals surface area contributed by atoms with E-state index >= 15 is 0 Å². The lowest BCUT2D eigenvalue weighted by molar-refractivity contribution is 0.0697. The number of carbonyl (C=O) groups is 1. The Morgan fingerprint density at radius 3 is 2.38 bits per heavy atom. The summed E-state index contributed by atoms with van der Waals surface area (Å²) >= 11 is 0. The first kappa shape index (κ1) is 20.1. The Labute approximate surface area is 163 Å². The van der Waals surface area contributed by atoms with Crippen LogP contribution in [0.25, 0.3) is 11.1 Å². The summed E-state index contributed by atoms with van der Waals surface area (Å²) in [5, 5.41) is 9.54. The number of hydrogen-bond acceptors (Lipinski definition) is 8. The Morgan fingerprint density at radius 1 is 1.10 bits per heavy atom. The van der Waals surface area contributed by atoms with Crippen LogP contribution in [0.4, 0.5) is 5.69 Å². The van der Waals surface area contributed by atoms with Crippen molar-refractivity contribution in [3.63, 3.8) is 0 Å². The molecule has 0 amide bonds. The number of rotatable bonds is 7. The molecule has 0 atom stereocenters. The molecule has 154 valence electrons. The minimum Gasteiger partial charge on any atom is -0.493 e. The second kappa shape index (κ2) is 7.39. The largest absolute Gasteiger partial charge is 0.493 e. The third-order valence-corrected chi connectivity index (χ3v) is 5.35. The standard InChI is InChI=1S/C17H16N2O9S/c1-25-12-7-9(16(20)21)13(15(27-3)14(12)26-2)19-29(23,24)8-4-5-10-11(6-8)28-17(22)18-10/h4-7,19H,1-3H3,(H,18,22)(H,20,21). The van der Waals surface area contributed by atoms with E-state index < -0.39 is 27.3 Å². The number of carboxylic acid groups (broad SMARTS) is 1. The van der Waals surface area contributed by atoms with Crippen molar-refractivity contribution in [2.45, 2.75) is 4.90 Å². The quantitative estimate of drug-likeness (QED) is 0.513. The van der Waals surface area contributed by atoms with Crippen molar-refractivity contribution in [3.8, 4) is 17.2 Å². The summed E-state index contributed by atoms with van der Waals surface area (Å²) in [7, 11) is -0.480. The zero-order valence-corrected chi connectivity index (χ0v) is 16.2. The normalized spacial score (nSPS) is 11.3. The number of aromatic amines is 1. The number of anilines is 1. The third kappa shape index (κ3) is 3.57. The topological polar surface area (TPSA) is 157 Å². The Kier molecular flexibility index (Phi) is 5.12. The molecule has 0 aliphatic carbocycles. The average Bonchev–Trinajstić information content (AvgIpc) is 3.05. The SMILES string of the molecule is COc1cc(C(=O)O)c(NS(=O)(=O)c2ccc3[nH]c(=O)oc3c2)c(OC)c1OC. The van der Waals surface area contributed by atoms with Crippen LogP contribution in [-0.4, -0.2) is 45.8 Å². The van der Waals surface area contributed by atoms with E-state index in [0.29, 0.717) is 5.52 Å². The average molecular weight is 424 g/mol. The second-order valence-electron chi connectivity index (χ2n) is 5.65. The fourth-order valence-corrected chi connectivity index (χ4v) is 3.81. The summed E-state index contributed by atoms with van der Waals surface area (Å²) in [5.41, 5.74) is -0.440. The number of carboxylic acids is 1. The molecule has 1 aromatic heterocycles. The summed E-state index contributed by atoms with van der Waals surface area (Å²) in [4.78, 5) is 25.1. The monoisotopic (exact) mass is 424 g/mol. The highest BCUT2D eigenvalue weighted by molar-refractivity contribution is 7.92. The molecular weight excluding hydrogens is 408 g/mol.